The first-order valence-corrected chi connectivity index (χ1v) is 5.48. The summed E-state index contributed by atoms with van der Waals surface area (Å²) in [6.07, 6.45) is 0. The number of nitrogen functional groups attached to an aromatic ring is 2. The number of anilines is 2. The highest BCUT2D eigenvalue weighted by Gasteiger charge is 2.06. The number of nitrogens with one attached hydrogen (secondary N) is 1. The minimum Gasteiger partial charge on any atom is -0.382 e. The first-order valence-electron chi connectivity index (χ1n) is 5.48. The summed E-state index contributed by atoms with van der Waals surface area (Å²) in [5.74, 6) is 0.768. The lowest BCUT2D eigenvalue weighted by atomic mass is 10.1. The van der Waals surface area contributed by atoms with Crippen LogP contribution in [0.5, 0.6) is 0 Å². The van der Waals surface area contributed by atoms with Gasteiger partial charge in [-0.3, -0.25) is 5.10 Å². The van der Waals surface area contributed by atoms with E-state index < -0.39 is 0 Å². The van der Waals surface area contributed by atoms with Crippen LogP contribution in [0.15, 0.2) is 24.3 Å². The maximum atomic E-state index is 5.73. The lowest BCUT2D eigenvalue weighted by molar-refractivity contribution is 1.12. The van der Waals surface area contributed by atoms with Crippen molar-refractivity contribution in [1.82, 2.24) is 20.2 Å². The van der Waals surface area contributed by atoms with Crippen LogP contribution in [0, 0.1) is 6.92 Å². The fourth-order valence-corrected chi connectivity index (χ4v) is 1.94. The molecule has 0 aliphatic carbocycles. The molecule has 0 unspecified atom stereocenters. The van der Waals surface area contributed by atoms with E-state index in [9.17, 15) is 0 Å². The Morgan fingerprint density at radius 1 is 1.11 bits per heavy atom. The maximum Gasteiger partial charge on any atom is 0.220 e. The molecule has 2 heterocycles. The Labute approximate surface area is 115 Å². The molecule has 0 atom stereocenters. The Hall–Kier alpha value is -2.34. The smallest absolute Gasteiger partial charge is 0.220 e. The number of rotatable bonds is 1. The van der Waals surface area contributed by atoms with Crippen LogP contribution in [0.3, 0.4) is 0 Å². The van der Waals surface area contributed by atoms with Gasteiger partial charge < -0.3 is 11.5 Å². The number of hydrogen-bond donors (Lipinski definition) is 3. The second-order valence-electron chi connectivity index (χ2n) is 4.12. The average molecular weight is 277 g/mol. The van der Waals surface area contributed by atoms with E-state index in [2.05, 4.69) is 20.2 Å². The molecule has 0 aliphatic heterocycles. The second-order valence-corrected chi connectivity index (χ2v) is 4.12. The van der Waals surface area contributed by atoms with Gasteiger partial charge in [-0.25, -0.2) is 9.97 Å². The van der Waals surface area contributed by atoms with E-state index in [1.54, 1.807) is 0 Å². The number of fused-ring (bicyclic) bond motifs is 1. The summed E-state index contributed by atoms with van der Waals surface area (Å²) in [4.78, 5) is 8.27. The van der Waals surface area contributed by atoms with Gasteiger partial charge in [0.25, 0.3) is 0 Å². The lowest BCUT2D eigenvalue weighted by Gasteiger charge is -2.03. The highest BCUT2D eigenvalue weighted by atomic mass is 35.5. The Balaban J connectivity index is 0.00000133. The van der Waals surface area contributed by atoms with Crippen LogP contribution in [-0.2, 0) is 0 Å². The summed E-state index contributed by atoms with van der Waals surface area (Å²) in [6, 6.07) is 7.68. The maximum absolute atomic E-state index is 5.73. The highest BCUT2D eigenvalue weighted by Crippen LogP contribution is 2.25. The first-order chi connectivity index (χ1) is 8.63. The molecule has 0 radical (unpaired) electrons. The van der Waals surface area contributed by atoms with Gasteiger partial charge in [-0.1, -0.05) is 6.07 Å². The van der Waals surface area contributed by atoms with E-state index in [1.165, 1.54) is 0 Å². The summed E-state index contributed by atoms with van der Waals surface area (Å²) < 4.78 is 0. The molecule has 19 heavy (non-hydrogen) atoms. The predicted molar refractivity (Wildman–Crippen MR) is 77.9 cm³/mol. The molecule has 3 rings (SSSR count). The number of halogens is 1. The van der Waals surface area contributed by atoms with Gasteiger partial charge in [0.1, 0.15) is 0 Å². The van der Waals surface area contributed by atoms with Crippen molar-refractivity contribution in [3.05, 3.63) is 30.0 Å². The van der Waals surface area contributed by atoms with E-state index in [-0.39, 0.29) is 18.4 Å². The van der Waals surface area contributed by atoms with Crippen molar-refractivity contribution >= 4 is 35.1 Å². The third-order valence-corrected chi connectivity index (χ3v) is 2.76. The molecular formula is C12H13ClN6. The van der Waals surface area contributed by atoms with Crippen LogP contribution in [0.2, 0.25) is 0 Å². The van der Waals surface area contributed by atoms with Gasteiger partial charge in [-0.2, -0.15) is 5.10 Å². The van der Waals surface area contributed by atoms with Gasteiger partial charge in [-0.05, 0) is 25.1 Å². The number of nitrogens with zero attached hydrogens (tertiary/aromatic N) is 3. The Bertz CT molecular complexity index is 716. The standard InChI is InChI=1S/C12H12N6.ClH/c1-6-4-9(16-12(14)15-6)7-2-3-8-10(5-7)17-18-11(8)13;/h2-5H,1H3,(H3,13,17,18)(H2,14,15,16);1H. The zero-order valence-corrected chi connectivity index (χ0v) is 11.0. The summed E-state index contributed by atoms with van der Waals surface area (Å²) in [7, 11) is 0. The molecule has 0 fully saturated rings. The topological polar surface area (TPSA) is 106 Å². The number of aromatic amines is 1. The fourth-order valence-electron chi connectivity index (χ4n) is 1.94. The number of nitrogens with two attached hydrogens (primary N) is 2. The van der Waals surface area contributed by atoms with Crippen LogP contribution in [0.25, 0.3) is 22.2 Å². The third-order valence-electron chi connectivity index (χ3n) is 2.76. The average Bonchev–Trinajstić information content (AvgIpc) is 2.69. The number of benzene rings is 1. The molecule has 0 saturated carbocycles. The van der Waals surface area contributed by atoms with Crippen LogP contribution in [0.4, 0.5) is 11.8 Å². The van der Waals surface area contributed by atoms with Crippen molar-refractivity contribution in [3.8, 4) is 11.3 Å². The number of aryl methyl sites for hydroxylation is 1. The molecule has 0 saturated heterocycles. The van der Waals surface area contributed by atoms with Gasteiger partial charge in [-0.15, -0.1) is 12.4 Å². The van der Waals surface area contributed by atoms with Crippen molar-refractivity contribution in [2.24, 2.45) is 0 Å². The van der Waals surface area contributed by atoms with Crippen molar-refractivity contribution < 1.29 is 0 Å². The largest absolute Gasteiger partial charge is 0.382 e. The summed E-state index contributed by atoms with van der Waals surface area (Å²) in [5, 5.41) is 7.74. The first kappa shape index (κ1) is 13.1. The third kappa shape index (κ3) is 2.30. The van der Waals surface area contributed by atoms with Crippen molar-refractivity contribution in [2.45, 2.75) is 6.92 Å². The van der Waals surface area contributed by atoms with Crippen molar-refractivity contribution in [3.63, 3.8) is 0 Å². The van der Waals surface area contributed by atoms with Gasteiger partial charge in [0, 0.05) is 16.6 Å². The monoisotopic (exact) mass is 276 g/mol. The molecule has 1 aromatic carbocycles. The molecule has 0 amide bonds. The van der Waals surface area contributed by atoms with Gasteiger partial charge in [0.05, 0.1) is 11.2 Å². The van der Waals surface area contributed by atoms with E-state index in [1.807, 2.05) is 31.2 Å². The summed E-state index contributed by atoms with van der Waals surface area (Å²) in [6.45, 7) is 1.88. The number of hydrogen-bond acceptors (Lipinski definition) is 5. The van der Waals surface area contributed by atoms with Crippen molar-refractivity contribution in [2.75, 3.05) is 11.5 Å². The fraction of sp³-hybridized carbons (Fsp3) is 0.0833. The van der Waals surface area contributed by atoms with E-state index in [4.69, 9.17) is 11.5 Å². The zero-order chi connectivity index (χ0) is 12.7. The molecule has 3 aromatic rings. The Morgan fingerprint density at radius 3 is 2.63 bits per heavy atom. The van der Waals surface area contributed by atoms with Crippen LogP contribution in [0.1, 0.15) is 5.69 Å². The lowest BCUT2D eigenvalue weighted by Crippen LogP contribution is -1.98. The highest BCUT2D eigenvalue weighted by molar-refractivity contribution is 5.91. The molecule has 5 N–H and O–H groups in total. The number of H-pyrrole nitrogens is 1. The molecule has 2 aromatic heterocycles. The predicted octanol–water partition coefficient (Wildman–Crippen LogP) is 1.91. The minimum atomic E-state index is 0. The van der Waals surface area contributed by atoms with Crippen LogP contribution < -0.4 is 11.5 Å². The van der Waals surface area contributed by atoms with Gasteiger partial charge in [0.15, 0.2) is 5.82 Å². The second kappa shape index (κ2) is 4.74. The SMILES string of the molecule is Cc1cc(-c2ccc3c(N)n[nH]c3c2)nc(N)n1.Cl. The molecule has 98 valence electrons. The number of aromatic nitrogens is 4. The van der Waals surface area contributed by atoms with Crippen LogP contribution >= 0.6 is 12.4 Å². The normalized spacial score (nSPS) is 10.4. The van der Waals surface area contributed by atoms with E-state index >= 15 is 0 Å². The molecule has 0 bridgehead atoms. The Morgan fingerprint density at radius 2 is 1.89 bits per heavy atom. The van der Waals surface area contributed by atoms with E-state index in [0.29, 0.717) is 5.82 Å². The zero-order valence-electron chi connectivity index (χ0n) is 10.2. The molecular weight excluding hydrogens is 264 g/mol. The Kier molecular flexibility index (Phi) is 3.26. The molecule has 7 heteroatoms. The minimum absolute atomic E-state index is 0. The quantitative estimate of drug-likeness (QED) is 0.629. The van der Waals surface area contributed by atoms with Crippen LogP contribution in [-0.4, -0.2) is 20.2 Å². The molecule has 6 nitrogen and oxygen atoms in total. The van der Waals surface area contributed by atoms with Crippen molar-refractivity contribution in [1.29, 1.82) is 0 Å². The van der Waals surface area contributed by atoms with Gasteiger partial charge in [0.2, 0.25) is 5.95 Å². The van der Waals surface area contributed by atoms with Gasteiger partial charge >= 0.3 is 0 Å². The molecule has 0 spiro atoms. The molecule has 0 aliphatic rings. The summed E-state index contributed by atoms with van der Waals surface area (Å²) in [5.41, 5.74) is 14.8. The summed E-state index contributed by atoms with van der Waals surface area (Å²) >= 11 is 0. The van der Waals surface area contributed by atoms with E-state index in [0.717, 1.165) is 27.9 Å².